The molecule has 1 heterocycles. The predicted octanol–water partition coefficient (Wildman–Crippen LogP) is 2.46. The summed E-state index contributed by atoms with van der Waals surface area (Å²) in [5.41, 5.74) is 5.88. The monoisotopic (exact) mass is 363 g/mol. The number of nitro benzene ring substituents is 1. The van der Waals surface area contributed by atoms with Gasteiger partial charge in [-0.25, -0.2) is 4.79 Å². The van der Waals surface area contributed by atoms with Gasteiger partial charge in [0.15, 0.2) is 0 Å². The summed E-state index contributed by atoms with van der Waals surface area (Å²) in [6.07, 6.45) is 0. The number of halogens is 1. The van der Waals surface area contributed by atoms with Crippen LogP contribution in [0.25, 0.3) is 0 Å². The number of nitriles is 1. The zero-order valence-corrected chi connectivity index (χ0v) is 13.9. The summed E-state index contributed by atoms with van der Waals surface area (Å²) < 4.78 is 10.3. The number of allylic oxidation sites excluding steroid dienone is 2. The number of hydrogen-bond acceptors (Lipinski definition) is 7. The fraction of sp³-hybridized carbons (Fsp3) is 0.250. The molecule has 1 aromatic carbocycles. The number of carbonyl (C=O) groups is 1. The lowest BCUT2D eigenvalue weighted by atomic mass is 9.83. The largest absolute Gasteiger partial charge is 0.463 e. The van der Waals surface area contributed by atoms with Crippen molar-refractivity contribution in [1.82, 2.24) is 0 Å². The molecule has 1 aliphatic heterocycles. The molecule has 9 heteroatoms. The van der Waals surface area contributed by atoms with Crippen molar-refractivity contribution in [2.75, 3.05) is 12.5 Å². The second-order valence-corrected chi connectivity index (χ2v) is 5.24. The van der Waals surface area contributed by atoms with Gasteiger partial charge in [0.05, 0.1) is 28.9 Å². The Morgan fingerprint density at radius 3 is 2.84 bits per heavy atom. The zero-order chi connectivity index (χ0) is 18.6. The Morgan fingerprint density at radius 1 is 1.56 bits per heavy atom. The van der Waals surface area contributed by atoms with E-state index in [0.29, 0.717) is 5.56 Å². The molecule has 130 valence electrons. The van der Waals surface area contributed by atoms with Gasteiger partial charge in [0.2, 0.25) is 5.88 Å². The molecule has 0 saturated carbocycles. The van der Waals surface area contributed by atoms with E-state index in [1.54, 1.807) is 13.0 Å². The van der Waals surface area contributed by atoms with Crippen molar-refractivity contribution in [3.8, 4) is 6.07 Å². The molecule has 0 fully saturated rings. The minimum atomic E-state index is -0.966. The van der Waals surface area contributed by atoms with E-state index in [-0.39, 0.29) is 41.0 Å². The van der Waals surface area contributed by atoms with Crippen LogP contribution in [0.4, 0.5) is 5.69 Å². The number of esters is 1. The molecule has 0 aliphatic carbocycles. The number of non-ortho nitro benzene ring substituents is 1. The normalized spacial score (nSPS) is 16.9. The van der Waals surface area contributed by atoms with Crippen molar-refractivity contribution < 1.29 is 19.2 Å². The molecule has 0 saturated heterocycles. The quantitative estimate of drug-likeness (QED) is 0.368. The fourth-order valence-electron chi connectivity index (χ4n) is 2.50. The summed E-state index contributed by atoms with van der Waals surface area (Å²) >= 11 is 5.85. The average Bonchev–Trinajstić information content (AvgIpc) is 2.60. The molecule has 2 rings (SSSR count). The van der Waals surface area contributed by atoms with E-state index in [4.69, 9.17) is 26.8 Å². The molecule has 0 bridgehead atoms. The average molecular weight is 364 g/mol. The van der Waals surface area contributed by atoms with E-state index in [1.807, 2.05) is 6.07 Å². The third-order valence-corrected chi connectivity index (χ3v) is 3.77. The van der Waals surface area contributed by atoms with Crippen LogP contribution in [-0.4, -0.2) is 23.4 Å². The van der Waals surface area contributed by atoms with Crippen molar-refractivity contribution >= 4 is 23.3 Å². The Hall–Kier alpha value is -3.05. The maximum absolute atomic E-state index is 12.4. The molecular weight excluding hydrogens is 350 g/mol. The molecule has 0 amide bonds. The molecule has 0 aromatic heterocycles. The first-order chi connectivity index (χ1) is 11.9. The molecule has 0 radical (unpaired) electrons. The molecule has 1 aliphatic rings. The Bertz CT molecular complexity index is 825. The Balaban J connectivity index is 2.69. The minimum absolute atomic E-state index is 0.00287. The molecular formula is C16H14ClN3O5. The van der Waals surface area contributed by atoms with Crippen molar-refractivity contribution in [2.45, 2.75) is 12.8 Å². The number of carbonyl (C=O) groups excluding carboxylic acids is 1. The Morgan fingerprint density at radius 2 is 2.28 bits per heavy atom. The first-order valence-electron chi connectivity index (χ1n) is 7.22. The predicted molar refractivity (Wildman–Crippen MR) is 88.1 cm³/mol. The van der Waals surface area contributed by atoms with Crippen LogP contribution in [0.15, 0.2) is 47.1 Å². The molecule has 1 atom stereocenters. The number of hydrogen-bond donors (Lipinski definition) is 1. The van der Waals surface area contributed by atoms with Crippen LogP contribution in [-0.2, 0) is 14.3 Å². The van der Waals surface area contributed by atoms with Crippen LogP contribution in [0.3, 0.4) is 0 Å². The van der Waals surface area contributed by atoms with Crippen LogP contribution in [0.1, 0.15) is 18.4 Å². The Labute approximate surface area is 148 Å². The number of nitro groups is 1. The summed E-state index contributed by atoms with van der Waals surface area (Å²) in [5, 5.41) is 20.5. The molecule has 0 spiro atoms. The molecule has 25 heavy (non-hydrogen) atoms. The van der Waals surface area contributed by atoms with E-state index in [0.717, 1.165) is 0 Å². The van der Waals surface area contributed by atoms with E-state index in [9.17, 15) is 20.2 Å². The van der Waals surface area contributed by atoms with Gasteiger partial charge in [-0.3, -0.25) is 10.1 Å². The minimum Gasteiger partial charge on any atom is -0.463 e. The van der Waals surface area contributed by atoms with Crippen molar-refractivity contribution in [1.29, 1.82) is 5.26 Å². The van der Waals surface area contributed by atoms with E-state index < -0.39 is 16.8 Å². The smallest absolute Gasteiger partial charge is 0.338 e. The second kappa shape index (κ2) is 7.68. The lowest BCUT2D eigenvalue weighted by molar-refractivity contribution is -0.384. The van der Waals surface area contributed by atoms with Crippen molar-refractivity contribution in [3.63, 3.8) is 0 Å². The highest BCUT2D eigenvalue weighted by Gasteiger charge is 2.37. The highest BCUT2D eigenvalue weighted by atomic mass is 35.5. The topological polar surface area (TPSA) is 128 Å². The summed E-state index contributed by atoms with van der Waals surface area (Å²) in [4.78, 5) is 22.9. The highest BCUT2D eigenvalue weighted by molar-refractivity contribution is 6.19. The van der Waals surface area contributed by atoms with Gasteiger partial charge in [-0.05, 0) is 12.5 Å². The first kappa shape index (κ1) is 18.3. The standard InChI is InChI=1S/C16H14ClN3O5/c1-2-24-16(21)14-12(7-17)25-15(19)11(8-18)13(14)9-4-3-5-10(6-9)20(22)23/h3-6,13H,2,7,19H2,1H3/t13-/m1/s1. The number of ether oxygens (including phenoxy) is 2. The van der Waals surface area contributed by atoms with Crippen LogP contribution in [0, 0.1) is 21.4 Å². The maximum Gasteiger partial charge on any atom is 0.338 e. The van der Waals surface area contributed by atoms with Crippen LogP contribution in [0.2, 0.25) is 0 Å². The van der Waals surface area contributed by atoms with E-state index >= 15 is 0 Å². The lowest BCUT2D eigenvalue weighted by Crippen LogP contribution is -2.26. The number of alkyl halides is 1. The van der Waals surface area contributed by atoms with Gasteiger partial charge in [-0.2, -0.15) is 5.26 Å². The summed E-state index contributed by atoms with van der Waals surface area (Å²) in [5.74, 6) is -2.03. The van der Waals surface area contributed by atoms with Crippen molar-refractivity contribution in [3.05, 3.63) is 62.7 Å². The van der Waals surface area contributed by atoms with Gasteiger partial charge in [0, 0.05) is 12.1 Å². The third-order valence-electron chi connectivity index (χ3n) is 3.53. The van der Waals surface area contributed by atoms with Crippen LogP contribution < -0.4 is 5.73 Å². The lowest BCUT2D eigenvalue weighted by Gasteiger charge is -2.27. The SMILES string of the molecule is CCOC(=O)C1=C(CCl)OC(N)=C(C#N)[C@H]1c1cccc([N+](=O)[O-])c1. The van der Waals surface area contributed by atoms with Gasteiger partial charge >= 0.3 is 5.97 Å². The summed E-state index contributed by atoms with van der Waals surface area (Å²) in [6, 6.07) is 7.48. The van der Waals surface area contributed by atoms with Gasteiger partial charge < -0.3 is 15.2 Å². The number of nitrogens with two attached hydrogens (primary N) is 1. The number of nitrogens with zero attached hydrogens (tertiary/aromatic N) is 2. The Kier molecular flexibility index (Phi) is 5.62. The number of benzene rings is 1. The molecule has 1 aromatic rings. The van der Waals surface area contributed by atoms with E-state index in [2.05, 4.69) is 0 Å². The maximum atomic E-state index is 12.4. The molecule has 2 N–H and O–H groups in total. The van der Waals surface area contributed by atoms with Gasteiger partial charge in [0.25, 0.3) is 5.69 Å². The van der Waals surface area contributed by atoms with Gasteiger partial charge in [-0.1, -0.05) is 12.1 Å². The van der Waals surface area contributed by atoms with Crippen LogP contribution in [0.5, 0.6) is 0 Å². The summed E-state index contributed by atoms with van der Waals surface area (Å²) in [7, 11) is 0. The van der Waals surface area contributed by atoms with Crippen molar-refractivity contribution in [2.24, 2.45) is 5.73 Å². The first-order valence-corrected chi connectivity index (χ1v) is 7.76. The third kappa shape index (κ3) is 3.56. The fourth-order valence-corrected chi connectivity index (χ4v) is 2.70. The molecule has 8 nitrogen and oxygen atoms in total. The zero-order valence-electron chi connectivity index (χ0n) is 13.2. The summed E-state index contributed by atoms with van der Waals surface area (Å²) in [6.45, 7) is 1.72. The van der Waals surface area contributed by atoms with Crippen LogP contribution >= 0.6 is 11.6 Å². The highest BCUT2D eigenvalue weighted by Crippen LogP contribution is 2.40. The van der Waals surface area contributed by atoms with E-state index in [1.165, 1.54) is 18.2 Å². The second-order valence-electron chi connectivity index (χ2n) is 4.97. The number of rotatable bonds is 5. The van der Waals surface area contributed by atoms with Gasteiger partial charge in [-0.15, -0.1) is 11.6 Å². The van der Waals surface area contributed by atoms with Gasteiger partial charge in [0.1, 0.15) is 17.4 Å². The molecule has 0 unspecified atom stereocenters.